The van der Waals surface area contributed by atoms with Crippen molar-refractivity contribution in [2.24, 2.45) is 11.8 Å². The van der Waals surface area contributed by atoms with Gasteiger partial charge in [-0.15, -0.1) is 0 Å². The molecule has 19 heavy (non-hydrogen) atoms. The Balaban J connectivity index is 1.86. The van der Waals surface area contributed by atoms with E-state index in [0.717, 1.165) is 18.6 Å². The third-order valence-corrected chi connectivity index (χ3v) is 2.98. The van der Waals surface area contributed by atoms with Crippen LogP contribution in [0.4, 0.5) is 14.5 Å². The summed E-state index contributed by atoms with van der Waals surface area (Å²) in [5, 5.41) is 2.04. The second kappa shape index (κ2) is 5.34. The van der Waals surface area contributed by atoms with Crippen LogP contribution in [0.5, 0.6) is 0 Å². The molecule has 1 aromatic rings. The van der Waals surface area contributed by atoms with Crippen molar-refractivity contribution in [3.05, 3.63) is 29.8 Å². The molecule has 102 valence electrons. The Morgan fingerprint density at radius 2 is 1.95 bits per heavy atom. The highest BCUT2D eigenvalue weighted by Crippen LogP contribution is 2.38. The topological polar surface area (TPSA) is 55.4 Å². The molecular formula is C13H13F2NO3. The minimum absolute atomic E-state index is 0.155. The number of anilines is 1. The maximum Gasteiger partial charge on any atom is 0.309 e. The largest absolute Gasteiger partial charge is 0.455 e. The summed E-state index contributed by atoms with van der Waals surface area (Å²) in [4.78, 5) is 22.8. The Labute approximate surface area is 108 Å². The standard InChI is InChI=1S/C13H13F2NO3/c1-7-5-8(7)13(18)19-6-11(17)16-12-9(14)3-2-4-10(12)15/h2-4,7-8H,5-6H2,1H3,(H,16,17)/t7-,8+/m0/s1. The van der Waals surface area contributed by atoms with Gasteiger partial charge < -0.3 is 10.1 Å². The molecule has 0 heterocycles. The minimum atomic E-state index is -0.879. The lowest BCUT2D eigenvalue weighted by Gasteiger charge is -2.08. The van der Waals surface area contributed by atoms with Crippen molar-refractivity contribution in [1.29, 1.82) is 0 Å². The molecule has 1 amide bonds. The first-order valence-corrected chi connectivity index (χ1v) is 5.89. The van der Waals surface area contributed by atoms with Crippen LogP contribution in [0.3, 0.4) is 0 Å². The molecule has 0 saturated heterocycles. The van der Waals surface area contributed by atoms with Gasteiger partial charge in [0.05, 0.1) is 5.92 Å². The predicted octanol–water partition coefficient (Wildman–Crippen LogP) is 2.10. The van der Waals surface area contributed by atoms with E-state index in [1.54, 1.807) is 0 Å². The monoisotopic (exact) mass is 269 g/mol. The van der Waals surface area contributed by atoms with E-state index in [2.05, 4.69) is 0 Å². The molecular weight excluding hydrogens is 256 g/mol. The zero-order valence-corrected chi connectivity index (χ0v) is 10.3. The van der Waals surface area contributed by atoms with Crippen molar-refractivity contribution in [3.8, 4) is 0 Å². The van der Waals surface area contributed by atoms with Gasteiger partial charge in [0.25, 0.3) is 5.91 Å². The number of hydrogen-bond donors (Lipinski definition) is 1. The zero-order chi connectivity index (χ0) is 14.0. The fourth-order valence-corrected chi connectivity index (χ4v) is 1.69. The quantitative estimate of drug-likeness (QED) is 0.852. The maximum atomic E-state index is 13.2. The van der Waals surface area contributed by atoms with Gasteiger partial charge in [-0.3, -0.25) is 9.59 Å². The van der Waals surface area contributed by atoms with Crippen LogP contribution in [-0.4, -0.2) is 18.5 Å². The van der Waals surface area contributed by atoms with E-state index in [9.17, 15) is 18.4 Å². The Kier molecular flexibility index (Phi) is 3.78. The molecule has 0 unspecified atom stereocenters. The number of halogens is 2. The third kappa shape index (κ3) is 3.27. The van der Waals surface area contributed by atoms with E-state index >= 15 is 0 Å². The summed E-state index contributed by atoms with van der Waals surface area (Å²) in [6.45, 7) is 1.36. The van der Waals surface area contributed by atoms with Crippen molar-refractivity contribution in [2.45, 2.75) is 13.3 Å². The molecule has 0 radical (unpaired) electrons. The van der Waals surface area contributed by atoms with Crippen molar-refractivity contribution in [3.63, 3.8) is 0 Å². The number of carbonyl (C=O) groups is 2. The first-order chi connectivity index (χ1) is 8.99. The first kappa shape index (κ1) is 13.5. The Hall–Kier alpha value is -1.98. The Morgan fingerprint density at radius 3 is 2.47 bits per heavy atom. The number of ether oxygens (including phenoxy) is 1. The van der Waals surface area contributed by atoms with Gasteiger partial charge in [0.15, 0.2) is 6.61 Å². The summed E-state index contributed by atoms with van der Waals surface area (Å²) in [5.41, 5.74) is -0.539. The van der Waals surface area contributed by atoms with E-state index < -0.39 is 35.8 Å². The van der Waals surface area contributed by atoms with Gasteiger partial charge in [-0.25, -0.2) is 8.78 Å². The van der Waals surface area contributed by atoms with Gasteiger partial charge in [0.2, 0.25) is 0 Å². The SMILES string of the molecule is C[C@H]1C[C@H]1C(=O)OCC(=O)Nc1c(F)cccc1F. The van der Waals surface area contributed by atoms with Crippen molar-refractivity contribution < 1.29 is 23.1 Å². The Bertz CT molecular complexity index is 498. The number of nitrogens with one attached hydrogen (secondary N) is 1. The molecule has 1 aliphatic carbocycles. The number of amides is 1. The van der Waals surface area contributed by atoms with Crippen molar-refractivity contribution >= 4 is 17.6 Å². The summed E-state index contributed by atoms with van der Waals surface area (Å²) >= 11 is 0. The van der Waals surface area contributed by atoms with Gasteiger partial charge in [0.1, 0.15) is 17.3 Å². The molecule has 1 fully saturated rings. The van der Waals surface area contributed by atoms with Crippen LogP contribution in [0.25, 0.3) is 0 Å². The summed E-state index contributed by atoms with van der Waals surface area (Å²) in [7, 11) is 0. The molecule has 4 nitrogen and oxygen atoms in total. The summed E-state index contributed by atoms with van der Waals surface area (Å²) in [6, 6.07) is 3.24. The van der Waals surface area contributed by atoms with Gasteiger partial charge >= 0.3 is 5.97 Å². The van der Waals surface area contributed by atoms with E-state index in [-0.39, 0.29) is 11.8 Å². The molecule has 2 rings (SSSR count). The van der Waals surface area contributed by atoms with Crippen LogP contribution in [0.2, 0.25) is 0 Å². The highest BCUT2D eigenvalue weighted by molar-refractivity contribution is 5.93. The molecule has 1 aliphatic rings. The summed E-state index contributed by atoms with van der Waals surface area (Å²) < 4.78 is 31.2. The lowest BCUT2D eigenvalue weighted by molar-refractivity contribution is -0.148. The van der Waals surface area contributed by atoms with Gasteiger partial charge in [-0.2, -0.15) is 0 Å². The van der Waals surface area contributed by atoms with Gasteiger partial charge in [-0.05, 0) is 24.5 Å². The van der Waals surface area contributed by atoms with Crippen LogP contribution >= 0.6 is 0 Å². The van der Waals surface area contributed by atoms with Crippen LogP contribution in [0, 0.1) is 23.5 Å². The molecule has 1 aromatic carbocycles. The predicted molar refractivity (Wildman–Crippen MR) is 63.2 cm³/mol. The van der Waals surface area contributed by atoms with Gasteiger partial charge in [0, 0.05) is 0 Å². The molecule has 2 atom stereocenters. The number of esters is 1. The van der Waals surface area contributed by atoms with E-state index in [1.807, 2.05) is 12.2 Å². The molecule has 6 heteroatoms. The van der Waals surface area contributed by atoms with Crippen LogP contribution < -0.4 is 5.32 Å². The number of hydrogen-bond acceptors (Lipinski definition) is 3. The lowest BCUT2D eigenvalue weighted by atomic mass is 10.3. The fourth-order valence-electron chi connectivity index (χ4n) is 1.69. The van der Waals surface area contributed by atoms with Crippen LogP contribution in [-0.2, 0) is 14.3 Å². The molecule has 1 N–H and O–H groups in total. The second-order valence-electron chi connectivity index (χ2n) is 4.57. The Morgan fingerprint density at radius 1 is 1.37 bits per heavy atom. The first-order valence-electron chi connectivity index (χ1n) is 5.89. The van der Waals surface area contributed by atoms with E-state index in [1.165, 1.54) is 6.07 Å². The number of rotatable bonds is 4. The fraction of sp³-hybridized carbons (Fsp3) is 0.385. The minimum Gasteiger partial charge on any atom is -0.455 e. The molecule has 0 bridgehead atoms. The van der Waals surface area contributed by atoms with Crippen LogP contribution in [0.1, 0.15) is 13.3 Å². The molecule has 0 spiro atoms. The summed E-state index contributed by atoms with van der Waals surface area (Å²) in [6.07, 6.45) is 0.752. The van der Waals surface area contributed by atoms with Crippen molar-refractivity contribution in [1.82, 2.24) is 0 Å². The van der Waals surface area contributed by atoms with E-state index in [4.69, 9.17) is 4.74 Å². The highest BCUT2D eigenvalue weighted by Gasteiger charge is 2.40. The average molecular weight is 269 g/mol. The summed E-state index contributed by atoms with van der Waals surface area (Å²) in [5.74, 6) is -2.86. The molecule has 0 aromatic heterocycles. The number of benzene rings is 1. The molecule has 0 aliphatic heterocycles. The van der Waals surface area contributed by atoms with E-state index in [0.29, 0.717) is 0 Å². The molecule has 1 saturated carbocycles. The van der Waals surface area contributed by atoms with Crippen molar-refractivity contribution in [2.75, 3.05) is 11.9 Å². The highest BCUT2D eigenvalue weighted by atomic mass is 19.1. The lowest BCUT2D eigenvalue weighted by Crippen LogP contribution is -2.22. The third-order valence-electron chi connectivity index (χ3n) is 2.98. The maximum absolute atomic E-state index is 13.2. The number of para-hydroxylation sites is 1. The second-order valence-corrected chi connectivity index (χ2v) is 4.57. The van der Waals surface area contributed by atoms with Crippen LogP contribution in [0.15, 0.2) is 18.2 Å². The average Bonchev–Trinajstić information content (AvgIpc) is 3.08. The smallest absolute Gasteiger partial charge is 0.309 e. The normalized spacial score (nSPS) is 20.8. The van der Waals surface area contributed by atoms with Gasteiger partial charge in [-0.1, -0.05) is 13.0 Å². The number of carbonyl (C=O) groups excluding carboxylic acids is 2. The zero-order valence-electron chi connectivity index (χ0n) is 10.3.